The van der Waals surface area contributed by atoms with Gasteiger partial charge in [0, 0.05) is 51.0 Å². The van der Waals surface area contributed by atoms with Crippen molar-refractivity contribution in [3.63, 3.8) is 0 Å². The van der Waals surface area contributed by atoms with E-state index in [0.29, 0.717) is 0 Å². The van der Waals surface area contributed by atoms with E-state index in [1.165, 1.54) is 0 Å². The molecule has 1 rings (SSSR count). The van der Waals surface area contributed by atoms with Crippen LogP contribution in [-0.2, 0) is 14.2 Å². The Hall–Kier alpha value is -0.160. The lowest BCUT2D eigenvalue weighted by Gasteiger charge is -2.32. The first kappa shape index (κ1) is 16.9. The molecule has 0 bridgehead atoms. The zero-order valence-corrected chi connectivity index (χ0v) is 13.1. The van der Waals surface area contributed by atoms with Crippen LogP contribution in [0.3, 0.4) is 0 Å². The molecule has 1 fully saturated rings. The topological polar surface area (TPSA) is 39.7 Å². The normalized spacial score (nSPS) is 24.0. The Morgan fingerprint density at radius 2 is 2.00 bits per heavy atom. The molecule has 0 amide bonds. The number of methoxy groups -OCH3 is 1. The molecular weight excluding hydrogens is 242 g/mol. The Labute approximate surface area is 118 Å². The maximum absolute atomic E-state index is 5.69. The fourth-order valence-electron chi connectivity index (χ4n) is 2.22. The number of nitrogens with one attached hydrogen (secondary N) is 1. The van der Waals surface area contributed by atoms with E-state index in [0.717, 1.165) is 58.8 Å². The highest BCUT2D eigenvalue weighted by atomic mass is 16.5. The second-order valence-corrected chi connectivity index (χ2v) is 6.61. The molecule has 0 radical (unpaired) electrons. The van der Waals surface area contributed by atoms with Crippen LogP contribution in [0.2, 0.25) is 0 Å². The van der Waals surface area contributed by atoms with E-state index in [4.69, 9.17) is 14.2 Å². The summed E-state index contributed by atoms with van der Waals surface area (Å²) in [6.07, 6.45) is 3.18. The van der Waals surface area contributed by atoms with Gasteiger partial charge in [0.1, 0.15) is 0 Å². The highest BCUT2D eigenvalue weighted by molar-refractivity contribution is 4.87. The predicted octanol–water partition coefficient (Wildman–Crippen LogP) is 2.22. The molecule has 0 saturated carbocycles. The van der Waals surface area contributed by atoms with Crippen LogP contribution in [0.1, 0.15) is 40.0 Å². The molecule has 1 unspecified atom stereocenters. The van der Waals surface area contributed by atoms with Crippen molar-refractivity contribution in [2.75, 3.05) is 46.7 Å². The van der Waals surface area contributed by atoms with Crippen molar-refractivity contribution in [2.24, 2.45) is 5.41 Å². The van der Waals surface area contributed by atoms with Crippen LogP contribution < -0.4 is 5.32 Å². The van der Waals surface area contributed by atoms with Crippen molar-refractivity contribution < 1.29 is 14.2 Å². The molecule has 0 aromatic rings. The van der Waals surface area contributed by atoms with Gasteiger partial charge in [-0.2, -0.15) is 0 Å². The van der Waals surface area contributed by atoms with Gasteiger partial charge in [0.25, 0.3) is 0 Å². The fourth-order valence-corrected chi connectivity index (χ4v) is 2.22. The lowest BCUT2D eigenvalue weighted by atomic mass is 9.83. The zero-order chi connectivity index (χ0) is 14.2. The Kier molecular flexibility index (Phi) is 7.29. The van der Waals surface area contributed by atoms with Gasteiger partial charge in [0.15, 0.2) is 0 Å². The molecule has 0 spiro atoms. The minimum Gasteiger partial charge on any atom is -0.385 e. The van der Waals surface area contributed by atoms with E-state index < -0.39 is 0 Å². The Morgan fingerprint density at radius 3 is 2.58 bits per heavy atom. The predicted molar refractivity (Wildman–Crippen MR) is 77.6 cm³/mol. The molecule has 1 N–H and O–H groups in total. The third kappa shape index (κ3) is 7.25. The van der Waals surface area contributed by atoms with Gasteiger partial charge < -0.3 is 19.5 Å². The third-order valence-electron chi connectivity index (χ3n) is 3.59. The first-order valence-corrected chi connectivity index (χ1v) is 7.37. The zero-order valence-electron chi connectivity index (χ0n) is 13.1. The van der Waals surface area contributed by atoms with E-state index >= 15 is 0 Å². The molecule has 1 aliphatic rings. The lowest BCUT2D eigenvalue weighted by molar-refractivity contribution is 0.0656. The molecule has 114 valence electrons. The van der Waals surface area contributed by atoms with E-state index in [9.17, 15) is 0 Å². The maximum atomic E-state index is 5.69. The van der Waals surface area contributed by atoms with Crippen molar-refractivity contribution >= 4 is 0 Å². The highest BCUT2D eigenvalue weighted by Crippen LogP contribution is 2.32. The van der Waals surface area contributed by atoms with Gasteiger partial charge in [-0.05, 0) is 40.0 Å². The molecular formula is C15H31NO3. The van der Waals surface area contributed by atoms with E-state index in [2.05, 4.69) is 26.1 Å². The summed E-state index contributed by atoms with van der Waals surface area (Å²) in [6, 6.07) is 0. The molecule has 1 aliphatic heterocycles. The second kappa shape index (κ2) is 8.20. The van der Waals surface area contributed by atoms with Crippen LogP contribution >= 0.6 is 0 Å². The maximum Gasteiger partial charge on any atom is 0.0536 e. The summed E-state index contributed by atoms with van der Waals surface area (Å²) in [5, 5.41) is 3.61. The second-order valence-electron chi connectivity index (χ2n) is 6.61. The van der Waals surface area contributed by atoms with Crippen LogP contribution in [0, 0.1) is 5.41 Å². The average Bonchev–Trinajstić information content (AvgIpc) is 2.80. The van der Waals surface area contributed by atoms with Crippen LogP contribution in [-0.4, -0.2) is 52.2 Å². The van der Waals surface area contributed by atoms with E-state index in [-0.39, 0.29) is 11.0 Å². The summed E-state index contributed by atoms with van der Waals surface area (Å²) in [6.45, 7) is 11.8. The number of hydrogen-bond acceptors (Lipinski definition) is 4. The highest BCUT2D eigenvalue weighted by Gasteiger charge is 2.35. The summed E-state index contributed by atoms with van der Waals surface area (Å²) in [4.78, 5) is 0. The number of hydrogen-bond donors (Lipinski definition) is 1. The summed E-state index contributed by atoms with van der Waals surface area (Å²) < 4.78 is 16.3. The van der Waals surface area contributed by atoms with Gasteiger partial charge >= 0.3 is 0 Å². The van der Waals surface area contributed by atoms with Crippen molar-refractivity contribution in [1.29, 1.82) is 0 Å². The van der Waals surface area contributed by atoms with Crippen molar-refractivity contribution in [2.45, 2.75) is 45.6 Å². The Balaban J connectivity index is 2.24. The quantitative estimate of drug-likeness (QED) is 0.654. The van der Waals surface area contributed by atoms with Crippen LogP contribution in [0.5, 0.6) is 0 Å². The lowest BCUT2D eigenvalue weighted by Crippen LogP contribution is -2.44. The van der Waals surface area contributed by atoms with Crippen molar-refractivity contribution in [3.05, 3.63) is 0 Å². The molecule has 4 nitrogen and oxygen atoms in total. The van der Waals surface area contributed by atoms with Gasteiger partial charge in [-0.15, -0.1) is 0 Å². The van der Waals surface area contributed by atoms with Crippen molar-refractivity contribution in [1.82, 2.24) is 5.32 Å². The van der Waals surface area contributed by atoms with Gasteiger partial charge in [-0.25, -0.2) is 0 Å². The summed E-state index contributed by atoms with van der Waals surface area (Å²) >= 11 is 0. The Bertz CT molecular complexity index is 232. The van der Waals surface area contributed by atoms with Crippen molar-refractivity contribution in [3.8, 4) is 0 Å². The fraction of sp³-hybridized carbons (Fsp3) is 1.00. The van der Waals surface area contributed by atoms with E-state index in [1.807, 2.05) is 0 Å². The molecule has 19 heavy (non-hydrogen) atoms. The van der Waals surface area contributed by atoms with Crippen LogP contribution in [0.15, 0.2) is 0 Å². The minimum atomic E-state index is 0.162. The third-order valence-corrected chi connectivity index (χ3v) is 3.59. The van der Waals surface area contributed by atoms with Crippen LogP contribution in [0.25, 0.3) is 0 Å². The first-order chi connectivity index (χ1) is 8.97. The molecule has 4 heteroatoms. The SMILES string of the molecule is COCCCOCCC1(CNC(C)(C)C)CCOC1. The van der Waals surface area contributed by atoms with E-state index in [1.54, 1.807) is 7.11 Å². The molecule has 1 saturated heterocycles. The summed E-state index contributed by atoms with van der Waals surface area (Å²) in [5.41, 5.74) is 0.420. The van der Waals surface area contributed by atoms with Crippen LogP contribution in [0.4, 0.5) is 0 Å². The smallest absolute Gasteiger partial charge is 0.0536 e. The number of ether oxygens (including phenoxy) is 3. The van der Waals surface area contributed by atoms with Gasteiger partial charge in [-0.1, -0.05) is 0 Å². The van der Waals surface area contributed by atoms with Gasteiger partial charge in [0.2, 0.25) is 0 Å². The number of rotatable bonds is 9. The van der Waals surface area contributed by atoms with Gasteiger partial charge in [-0.3, -0.25) is 0 Å². The molecule has 1 atom stereocenters. The first-order valence-electron chi connectivity index (χ1n) is 7.37. The van der Waals surface area contributed by atoms with Gasteiger partial charge in [0.05, 0.1) is 6.61 Å². The molecule has 0 aromatic heterocycles. The summed E-state index contributed by atoms with van der Waals surface area (Å²) in [5.74, 6) is 0. The molecule has 0 aliphatic carbocycles. The Morgan fingerprint density at radius 1 is 1.21 bits per heavy atom. The molecule has 0 aromatic carbocycles. The minimum absolute atomic E-state index is 0.162. The summed E-state index contributed by atoms with van der Waals surface area (Å²) in [7, 11) is 1.73. The average molecular weight is 273 g/mol. The standard InChI is InChI=1S/C15H31NO3/c1-14(2,3)16-12-15(7-11-19-13-15)6-10-18-9-5-8-17-4/h16H,5-13H2,1-4H3. The largest absolute Gasteiger partial charge is 0.385 e. The monoisotopic (exact) mass is 273 g/mol. The molecule has 1 heterocycles.